The fourth-order valence-corrected chi connectivity index (χ4v) is 2.98. The lowest BCUT2D eigenvalue weighted by Gasteiger charge is -2.33. The first-order valence-corrected chi connectivity index (χ1v) is 7.65. The third kappa shape index (κ3) is 3.67. The molecule has 1 aliphatic heterocycles. The zero-order valence-corrected chi connectivity index (χ0v) is 13.1. The lowest BCUT2D eigenvalue weighted by atomic mass is 10.00. The molecular weight excluding hydrogens is 320 g/mol. The van der Waals surface area contributed by atoms with Crippen molar-refractivity contribution in [1.29, 1.82) is 0 Å². The Kier molecular flexibility index (Phi) is 5.31. The molecule has 0 aliphatic carbocycles. The van der Waals surface area contributed by atoms with Gasteiger partial charge in [0.25, 0.3) is 0 Å². The summed E-state index contributed by atoms with van der Waals surface area (Å²) in [6.07, 6.45) is 2.91. The number of hydrogen-bond donors (Lipinski definition) is 1. The number of amides is 1. The van der Waals surface area contributed by atoms with Crippen molar-refractivity contribution < 1.29 is 9.59 Å². The van der Waals surface area contributed by atoms with E-state index in [1.165, 1.54) is 0 Å². The Balaban J connectivity index is 2.07. The van der Waals surface area contributed by atoms with Crippen LogP contribution < -0.4 is 5.32 Å². The Morgan fingerprint density at radius 1 is 1.40 bits per heavy atom. The molecule has 1 heterocycles. The highest BCUT2D eigenvalue weighted by Gasteiger charge is 2.29. The summed E-state index contributed by atoms with van der Waals surface area (Å²) in [5.41, 5.74) is 0.681. The normalized spacial score (nSPS) is 19.6. The minimum absolute atomic E-state index is 0.00624. The summed E-state index contributed by atoms with van der Waals surface area (Å²) in [6, 6.07) is 7.20. The van der Waals surface area contributed by atoms with Gasteiger partial charge in [0.1, 0.15) is 0 Å². The lowest BCUT2D eigenvalue weighted by Crippen LogP contribution is -2.50. The van der Waals surface area contributed by atoms with Gasteiger partial charge in [0.05, 0.1) is 12.6 Å². The smallest absolute Gasteiger partial charge is 0.237 e. The van der Waals surface area contributed by atoms with E-state index in [4.69, 9.17) is 0 Å². The highest BCUT2D eigenvalue weighted by molar-refractivity contribution is 9.10. The van der Waals surface area contributed by atoms with Gasteiger partial charge in [-0.1, -0.05) is 34.5 Å². The monoisotopic (exact) mass is 338 g/mol. The van der Waals surface area contributed by atoms with Crippen LogP contribution in [0.25, 0.3) is 0 Å². The fourth-order valence-electron chi connectivity index (χ4n) is 2.58. The molecule has 0 spiro atoms. The van der Waals surface area contributed by atoms with Crippen molar-refractivity contribution in [2.45, 2.75) is 25.3 Å². The van der Waals surface area contributed by atoms with Crippen LogP contribution in [0.15, 0.2) is 28.7 Å². The number of nitrogens with zero attached hydrogens (tertiary/aromatic N) is 1. The summed E-state index contributed by atoms with van der Waals surface area (Å²) in [5, 5.41) is 2.69. The van der Waals surface area contributed by atoms with Crippen molar-refractivity contribution >= 4 is 27.6 Å². The van der Waals surface area contributed by atoms with Gasteiger partial charge in [0.2, 0.25) is 5.91 Å². The number of ketones is 1. The van der Waals surface area contributed by atoms with Crippen molar-refractivity contribution in [3.05, 3.63) is 34.3 Å². The predicted octanol–water partition coefficient (Wildman–Crippen LogP) is 2.23. The maximum absolute atomic E-state index is 12.3. The quantitative estimate of drug-likeness (QED) is 0.856. The molecule has 1 saturated heterocycles. The van der Waals surface area contributed by atoms with Crippen LogP contribution in [0.2, 0.25) is 0 Å². The van der Waals surface area contributed by atoms with Gasteiger partial charge in [-0.25, -0.2) is 0 Å². The minimum Gasteiger partial charge on any atom is -0.358 e. The SMILES string of the molecule is CNC(=O)C1CCCCN1CC(=O)c1cccc(Br)c1. The number of piperidine rings is 1. The minimum atomic E-state index is -0.176. The summed E-state index contributed by atoms with van der Waals surface area (Å²) in [6.45, 7) is 1.10. The molecule has 20 heavy (non-hydrogen) atoms. The van der Waals surface area contributed by atoms with Crippen LogP contribution in [0.3, 0.4) is 0 Å². The van der Waals surface area contributed by atoms with Crippen molar-refractivity contribution in [1.82, 2.24) is 10.2 Å². The lowest BCUT2D eigenvalue weighted by molar-refractivity contribution is -0.126. The number of halogens is 1. The van der Waals surface area contributed by atoms with E-state index in [0.717, 1.165) is 30.3 Å². The number of likely N-dealkylation sites (tertiary alicyclic amines) is 1. The standard InChI is InChI=1S/C15H19BrN2O2/c1-17-15(20)13-7-2-3-8-18(13)10-14(19)11-5-4-6-12(16)9-11/h4-6,9,13H,2-3,7-8,10H2,1H3,(H,17,20). The molecule has 1 aromatic carbocycles. The van der Waals surface area contributed by atoms with Gasteiger partial charge in [-0.05, 0) is 31.5 Å². The van der Waals surface area contributed by atoms with E-state index in [9.17, 15) is 9.59 Å². The van der Waals surface area contributed by atoms with Gasteiger partial charge in [-0.15, -0.1) is 0 Å². The van der Waals surface area contributed by atoms with Crippen LogP contribution in [-0.2, 0) is 4.79 Å². The van der Waals surface area contributed by atoms with Gasteiger partial charge < -0.3 is 5.32 Å². The summed E-state index contributed by atoms with van der Waals surface area (Å²) in [7, 11) is 1.64. The average molecular weight is 339 g/mol. The fraction of sp³-hybridized carbons (Fsp3) is 0.467. The molecule has 1 unspecified atom stereocenters. The number of hydrogen-bond acceptors (Lipinski definition) is 3. The van der Waals surface area contributed by atoms with Gasteiger partial charge in [0, 0.05) is 17.1 Å². The first-order chi connectivity index (χ1) is 9.61. The topological polar surface area (TPSA) is 49.4 Å². The number of carbonyl (C=O) groups is 2. The first kappa shape index (κ1) is 15.2. The van der Waals surface area contributed by atoms with Gasteiger partial charge in [0.15, 0.2) is 5.78 Å². The number of Topliss-reactive ketones (excluding diaryl/α,β-unsaturated/α-hetero) is 1. The third-order valence-corrected chi connectivity index (χ3v) is 4.15. The first-order valence-electron chi connectivity index (χ1n) is 6.86. The molecule has 1 aromatic rings. The highest BCUT2D eigenvalue weighted by Crippen LogP contribution is 2.18. The summed E-state index contributed by atoms with van der Waals surface area (Å²) in [4.78, 5) is 26.2. The van der Waals surface area contributed by atoms with Crippen LogP contribution in [0, 0.1) is 0 Å². The van der Waals surface area contributed by atoms with Crippen molar-refractivity contribution in [2.24, 2.45) is 0 Å². The second-order valence-electron chi connectivity index (χ2n) is 5.03. The Morgan fingerprint density at radius 3 is 2.90 bits per heavy atom. The zero-order chi connectivity index (χ0) is 14.5. The molecule has 4 nitrogen and oxygen atoms in total. The summed E-state index contributed by atoms with van der Waals surface area (Å²) < 4.78 is 0.893. The number of benzene rings is 1. The molecule has 0 radical (unpaired) electrons. The Bertz CT molecular complexity index is 504. The zero-order valence-electron chi connectivity index (χ0n) is 11.6. The van der Waals surface area contributed by atoms with Gasteiger partial charge >= 0.3 is 0 Å². The van der Waals surface area contributed by atoms with Crippen molar-refractivity contribution in [2.75, 3.05) is 20.1 Å². The van der Waals surface area contributed by atoms with E-state index in [-0.39, 0.29) is 17.7 Å². The summed E-state index contributed by atoms with van der Waals surface area (Å²) >= 11 is 3.37. The number of nitrogens with one attached hydrogen (secondary N) is 1. The molecule has 1 aliphatic rings. The number of rotatable bonds is 4. The predicted molar refractivity (Wildman–Crippen MR) is 81.8 cm³/mol. The molecule has 0 aromatic heterocycles. The highest BCUT2D eigenvalue weighted by atomic mass is 79.9. The van der Waals surface area contributed by atoms with Crippen LogP contribution in [-0.4, -0.2) is 42.8 Å². The molecule has 1 fully saturated rings. The van der Waals surface area contributed by atoms with Crippen molar-refractivity contribution in [3.63, 3.8) is 0 Å². The van der Waals surface area contributed by atoms with Crippen LogP contribution in [0.4, 0.5) is 0 Å². The molecule has 1 amide bonds. The number of carbonyl (C=O) groups excluding carboxylic acids is 2. The molecule has 108 valence electrons. The van der Waals surface area contributed by atoms with Crippen LogP contribution in [0.1, 0.15) is 29.6 Å². The van der Waals surface area contributed by atoms with E-state index in [1.807, 2.05) is 29.2 Å². The van der Waals surface area contributed by atoms with E-state index in [1.54, 1.807) is 7.05 Å². The molecule has 5 heteroatoms. The van der Waals surface area contributed by atoms with Crippen molar-refractivity contribution in [3.8, 4) is 0 Å². The molecular formula is C15H19BrN2O2. The molecule has 0 bridgehead atoms. The molecule has 1 atom stereocenters. The summed E-state index contributed by atoms with van der Waals surface area (Å²) in [5.74, 6) is 0.0637. The van der Waals surface area contributed by atoms with Gasteiger partial charge in [-0.2, -0.15) is 0 Å². The molecule has 1 N–H and O–H groups in total. The Hall–Kier alpha value is -1.20. The van der Waals surface area contributed by atoms with E-state index in [0.29, 0.717) is 12.1 Å². The second kappa shape index (κ2) is 6.99. The maximum atomic E-state index is 12.3. The molecule has 2 rings (SSSR count). The third-order valence-electron chi connectivity index (χ3n) is 3.66. The second-order valence-corrected chi connectivity index (χ2v) is 5.95. The number of likely N-dealkylation sites (N-methyl/N-ethyl adjacent to an activating group) is 1. The molecule has 0 saturated carbocycles. The Labute approximate surface area is 127 Å². The average Bonchev–Trinajstić information content (AvgIpc) is 2.47. The van der Waals surface area contributed by atoms with Crippen LogP contribution in [0.5, 0.6) is 0 Å². The van der Waals surface area contributed by atoms with E-state index < -0.39 is 0 Å². The Morgan fingerprint density at radius 2 is 2.20 bits per heavy atom. The van der Waals surface area contributed by atoms with Gasteiger partial charge in [-0.3, -0.25) is 14.5 Å². The van der Waals surface area contributed by atoms with E-state index >= 15 is 0 Å². The maximum Gasteiger partial charge on any atom is 0.237 e. The van der Waals surface area contributed by atoms with E-state index in [2.05, 4.69) is 21.2 Å². The largest absolute Gasteiger partial charge is 0.358 e. The van der Waals surface area contributed by atoms with Crippen LogP contribution >= 0.6 is 15.9 Å².